The van der Waals surface area contributed by atoms with Gasteiger partial charge in [0.1, 0.15) is 31.8 Å². The summed E-state index contributed by atoms with van der Waals surface area (Å²) in [4.78, 5) is 0. The van der Waals surface area contributed by atoms with Crippen LogP contribution in [-0.4, -0.2) is 120 Å². The minimum absolute atomic E-state index is 0. The van der Waals surface area contributed by atoms with Crippen molar-refractivity contribution in [2.75, 3.05) is 0 Å². The fraction of sp³-hybridized carbons (Fsp3) is 0. The van der Waals surface area contributed by atoms with Gasteiger partial charge in [0.25, 0.3) is 0 Å². The van der Waals surface area contributed by atoms with Gasteiger partial charge in [0.05, 0.1) is 15.8 Å². The molecule has 83 heavy (non-hydrogen) atoms. The topological polar surface area (TPSA) is 0 Å². The normalized spacial score (nSPS) is 9.18. The first-order valence-corrected chi connectivity index (χ1v) is 33.8. The molecule has 0 saturated heterocycles. The molecule has 0 spiro atoms. The Hall–Kier alpha value is -3.55. The smallest absolute Gasteiger partial charge is 0.0620 e. The van der Waals surface area contributed by atoms with Gasteiger partial charge in [-0.15, -0.1) is 0 Å². The molecule has 0 N–H and O–H groups in total. The van der Waals surface area contributed by atoms with E-state index in [1.807, 2.05) is 182 Å². The fourth-order valence-corrected chi connectivity index (χ4v) is 14.3. The summed E-state index contributed by atoms with van der Waals surface area (Å²) in [7, 11) is -1.75. The summed E-state index contributed by atoms with van der Waals surface area (Å²) in [6.45, 7) is 0. The quantitative estimate of drug-likeness (QED) is 0.116. The van der Waals surface area contributed by atoms with Crippen molar-refractivity contribution in [3.05, 3.63) is 364 Å². The Labute approximate surface area is 585 Å². The van der Waals surface area contributed by atoms with Gasteiger partial charge in [0.2, 0.25) is 0 Å². The SMILES string of the molecule is [Cu+2].[Cu+2].[Se-]c1ccccc1.[Se-]c1ccccc1.[Se-]c1ccccc1.[Se-]c1ccccc1.[Se-]c1ccccc1.[Se-]c1ccccc1.[Sn+2].c1ccc([PH+](c2ccccc2)c2ccccc2)cc1.c1ccc([PH+](c2ccccc2)c2ccccc2)cc1. The zero-order valence-corrected chi connectivity index (χ0v) is 62.2. The zero-order valence-electron chi connectivity index (χ0n) is 45.2. The molecule has 12 aromatic rings. The van der Waals surface area contributed by atoms with Crippen LogP contribution in [0.5, 0.6) is 0 Å². The van der Waals surface area contributed by atoms with Gasteiger partial charge in [-0.3, -0.25) is 0 Å². The average Bonchev–Trinajstić information content (AvgIpc) is 3.72. The Morgan fingerprint density at radius 1 is 0.145 bits per heavy atom. The van der Waals surface area contributed by atoms with E-state index in [4.69, 9.17) is 0 Å². The second kappa shape index (κ2) is 48.6. The maximum absolute atomic E-state index is 2.90. The van der Waals surface area contributed by atoms with Crippen LogP contribution in [0.1, 0.15) is 0 Å². The van der Waals surface area contributed by atoms with Crippen molar-refractivity contribution in [1.82, 2.24) is 0 Å². The van der Waals surface area contributed by atoms with E-state index in [0.29, 0.717) is 0 Å². The van der Waals surface area contributed by atoms with Crippen LogP contribution in [-0.2, 0) is 34.1 Å². The van der Waals surface area contributed by atoms with E-state index in [-0.39, 0.29) is 58.0 Å². The fourth-order valence-electron chi connectivity index (χ4n) is 7.15. The van der Waals surface area contributed by atoms with Crippen molar-refractivity contribution in [2.24, 2.45) is 0 Å². The van der Waals surface area contributed by atoms with Crippen LogP contribution in [0.3, 0.4) is 0 Å². The van der Waals surface area contributed by atoms with Crippen molar-refractivity contribution >= 4 is 194 Å². The molecule has 0 aliphatic rings. The van der Waals surface area contributed by atoms with Crippen LogP contribution in [0.2, 0.25) is 0 Å². The molecule has 0 aromatic heterocycles. The predicted molar refractivity (Wildman–Crippen MR) is 370 cm³/mol. The molecule has 11 heteroatoms. The van der Waals surface area contributed by atoms with Crippen LogP contribution < -0.4 is 58.6 Å². The van der Waals surface area contributed by atoms with Gasteiger partial charge in [-0.2, -0.15) is 0 Å². The third kappa shape index (κ3) is 33.8. The molecule has 0 unspecified atom stereocenters. The van der Waals surface area contributed by atoms with E-state index in [0.717, 1.165) is 0 Å². The standard InChI is InChI=1S/2C18H15P.6C6H6Se.2Cu.Sn/c2*1-4-10-16(11-5-1)19(17-12-6-2-7-13-17)18-14-8-3-9-15-18;6*7-6-4-2-1-3-5-6;;;/h2*1-15H;6*1-5,7H;;;/q;;;;;;;;3*+2/p-4. The molecule has 0 fully saturated rings. The Balaban J connectivity index is 0.000000338. The summed E-state index contributed by atoms with van der Waals surface area (Å²) in [6.07, 6.45) is 0. The van der Waals surface area contributed by atoms with Crippen molar-refractivity contribution in [1.29, 1.82) is 0 Å². The Morgan fingerprint density at radius 2 is 0.229 bits per heavy atom. The van der Waals surface area contributed by atoms with Crippen LogP contribution in [0.4, 0.5) is 0 Å². The molecule has 0 amide bonds. The third-order valence-corrected chi connectivity index (χ3v) is 19.7. The van der Waals surface area contributed by atoms with E-state index >= 15 is 0 Å². The summed E-state index contributed by atoms with van der Waals surface area (Å²) in [5.74, 6) is 0. The Morgan fingerprint density at radius 3 is 0.301 bits per heavy atom. The van der Waals surface area contributed by atoms with Gasteiger partial charge < -0.3 is 0 Å². The van der Waals surface area contributed by atoms with Gasteiger partial charge in [0, 0.05) is 0 Å². The molecule has 0 aliphatic carbocycles. The largest absolute Gasteiger partial charge is 2.00 e. The number of hydrogen-bond donors (Lipinski definition) is 0. The van der Waals surface area contributed by atoms with Crippen molar-refractivity contribution in [3.8, 4) is 0 Å². The maximum atomic E-state index is 2.90. The van der Waals surface area contributed by atoms with E-state index in [1.165, 1.54) is 58.6 Å². The average molecular weight is 1710 g/mol. The molecular weight excluding hydrogens is 1650 g/mol. The van der Waals surface area contributed by atoms with Crippen LogP contribution >= 0.6 is 15.8 Å². The van der Waals surface area contributed by atoms with Crippen molar-refractivity contribution < 1.29 is 34.1 Å². The van der Waals surface area contributed by atoms with E-state index in [9.17, 15) is 0 Å². The maximum Gasteiger partial charge on any atom is 2.00 e. The van der Waals surface area contributed by atoms with Gasteiger partial charge in [0.15, 0.2) is 0 Å². The number of benzene rings is 12. The zero-order chi connectivity index (χ0) is 56.5. The number of hydrogen-bond acceptors (Lipinski definition) is 0. The van der Waals surface area contributed by atoms with Crippen LogP contribution in [0.25, 0.3) is 0 Å². The van der Waals surface area contributed by atoms with Crippen LogP contribution in [0, 0.1) is 0 Å². The molecule has 12 rings (SSSR count). The minimum atomic E-state index is -0.877. The summed E-state index contributed by atoms with van der Waals surface area (Å²) in [6, 6.07) is 125. The van der Waals surface area contributed by atoms with Crippen LogP contribution in [0.15, 0.2) is 364 Å². The van der Waals surface area contributed by atoms with Gasteiger partial charge in [-0.1, -0.05) is 109 Å². The summed E-state index contributed by atoms with van der Waals surface area (Å²) in [5.41, 5.74) is 0. The molecule has 0 bridgehead atoms. The molecule has 0 saturated carbocycles. The number of rotatable bonds is 6. The first-order chi connectivity index (χ1) is 39.3. The summed E-state index contributed by atoms with van der Waals surface area (Å²) in [5, 5.41) is 8.61. The van der Waals surface area contributed by atoms with Gasteiger partial charge in [-0.25, -0.2) is 0 Å². The Bertz CT molecular complexity index is 2750. The van der Waals surface area contributed by atoms with E-state index in [1.54, 1.807) is 0 Å². The minimum Gasteiger partial charge on any atom is -0.0620 e. The molecule has 0 aliphatic heterocycles. The third-order valence-electron chi connectivity index (χ3n) is 10.8. The molecule has 0 heterocycles. The second-order valence-corrected chi connectivity index (χ2v) is 27.7. The molecule has 0 atom stereocenters. The first kappa shape index (κ1) is 75.6. The summed E-state index contributed by atoms with van der Waals surface area (Å²) >= 11 is 17.4. The summed E-state index contributed by atoms with van der Waals surface area (Å²) < 4.78 is 7.18. The van der Waals surface area contributed by atoms with Gasteiger partial charge >= 0.3 is 363 Å². The van der Waals surface area contributed by atoms with E-state index in [2.05, 4.69) is 278 Å². The van der Waals surface area contributed by atoms with E-state index < -0.39 is 15.8 Å². The molecule has 0 nitrogen and oxygen atoms in total. The van der Waals surface area contributed by atoms with Crippen molar-refractivity contribution in [3.63, 3.8) is 0 Å². The first-order valence-electron chi connectivity index (χ1n) is 25.7. The molecular formula is C72H62Cu2P2Se6Sn+2. The van der Waals surface area contributed by atoms with Crippen molar-refractivity contribution in [2.45, 2.75) is 0 Å². The Kier molecular flexibility index (Phi) is 44.2. The molecule has 12 aromatic carbocycles. The molecule has 4 radical (unpaired) electrons. The predicted octanol–water partition coefficient (Wildman–Crippen LogP) is 8.85. The van der Waals surface area contributed by atoms with Gasteiger partial charge in [-0.05, 0) is 72.8 Å². The monoisotopic (exact) mass is 1710 g/mol. The second-order valence-electron chi connectivity index (χ2n) is 16.8. The molecule has 420 valence electrons.